The van der Waals surface area contributed by atoms with Crippen molar-refractivity contribution < 1.29 is 22.4 Å². The lowest BCUT2D eigenvalue weighted by molar-refractivity contribution is -0.147. The minimum atomic E-state index is -4.70. The molecule has 0 aliphatic carbocycles. The van der Waals surface area contributed by atoms with Crippen LogP contribution in [0.1, 0.15) is 36.2 Å². The third kappa shape index (κ3) is 3.37. The molecule has 1 aromatic heterocycles. The monoisotopic (exact) mass is 293 g/mol. The Morgan fingerprint density at radius 3 is 2.35 bits per heavy atom. The molecule has 0 saturated heterocycles. The first-order valence-electron chi connectivity index (χ1n) is 5.78. The largest absolute Gasteiger partial charge is 0.449 e. The highest BCUT2D eigenvalue weighted by Gasteiger charge is 2.39. The molecule has 0 amide bonds. The number of halogens is 4. The molecule has 0 atom stereocenters. The average Bonchev–Trinajstić information content (AvgIpc) is 2.70. The van der Waals surface area contributed by atoms with Crippen LogP contribution in [-0.2, 0) is 6.18 Å². The Bertz CT molecular complexity index is 529. The number of hydrogen-bond donors (Lipinski definition) is 0. The molecule has 0 fully saturated rings. The lowest BCUT2D eigenvalue weighted by Gasteiger charge is -2.16. The van der Waals surface area contributed by atoms with Gasteiger partial charge in [-0.25, -0.2) is 9.37 Å². The molecular weight excluding hydrogens is 278 g/mol. The van der Waals surface area contributed by atoms with E-state index in [9.17, 15) is 22.4 Å². The van der Waals surface area contributed by atoms with E-state index < -0.39 is 35.3 Å². The van der Waals surface area contributed by atoms with Gasteiger partial charge in [0.15, 0.2) is 5.83 Å². The molecule has 0 radical (unpaired) electrons. The van der Waals surface area contributed by atoms with Gasteiger partial charge in [-0.05, 0) is 13.8 Å². The fraction of sp³-hybridized carbons (Fsp3) is 0.500. The van der Waals surface area contributed by atoms with E-state index in [2.05, 4.69) is 4.98 Å². The maximum atomic E-state index is 13.6. The van der Waals surface area contributed by atoms with Crippen molar-refractivity contribution in [1.29, 1.82) is 0 Å². The van der Waals surface area contributed by atoms with Gasteiger partial charge in [0.25, 0.3) is 0 Å². The zero-order valence-electron chi connectivity index (χ0n) is 11.5. The first-order chi connectivity index (χ1) is 9.05. The van der Waals surface area contributed by atoms with Crippen LogP contribution in [0.5, 0.6) is 0 Å². The predicted octanol–water partition coefficient (Wildman–Crippen LogP) is 3.04. The quantitative estimate of drug-likeness (QED) is 0.486. The van der Waals surface area contributed by atoms with E-state index in [0.29, 0.717) is 4.57 Å². The molecule has 0 bridgehead atoms. The number of aromatic nitrogens is 2. The van der Waals surface area contributed by atoms with Gasteiger partial charge in [0.05, 0.1) is 6.20 Å². The Morgan fingerprint density at radius 1 is 1.40 bits per heavy atom. The normalized spacial score (nSPS) is 12.9. The van der Waals surface area contributed by atoms with Crippen molar-refractivity contribution in [2.45, 2.75) is 26.1 Å². The summed E-state index contributed by atoms with van der Waals surface area (Å²) in [5.74, 6) is -3.49. The fourth-order valence-electron chi connectivity index (χ4n) is 1.67. The van der Waals surface area contributed by atoms with Crippen LogP contribution in [0.25, 0.3) is 0 Å². The summed E-state index contributed by atoms with van der Waals surface area (Å²) in [6.07, 6.45) is -3.06. The van der Waals surface area contributed by atoms with Crippen LogP contribution in [0, 0.1) is 0 Å². The first kappa shape index (κ1) is 16.2. The smallest absolute Gasteiger partial charge is 0.381 e. The second kappa shape index (κ2) is 5.64. The summed E-state index contributed by atoms with van der Waals surface area (Å²) in [7, 11) is 2.99. The molecule has 0 aliphatic rings. The number of Topliss-reactive ketones (excluding diaryl/α,β-unsaturated/α-hetero) is 1. The number of hydrogen-bond acceptors (Lipinski definition) is 3. The maximum absolute atomic E-state index is 13.6. The number of ketones is 1. The number of allylic oxidation sites excluding steroid dienone is 1. The molecule has 1 heterocycles. The topological polar surface area (TPSA) is 38.1 Å². The molecule has 20 heavy (non-hydrogen) atoms. The fourth-order valence-corrected chi connectivity index (χ4v) is 1.67. The van der Waals surface area contributed by atoms with Crippen molar-refractivity contribution in [2.24, 2.45) is 0 Å². The molecule has 4 nitrogen and oxygen atoms in total. The second-order valence-corrected chi connectivity index (χ2v) is 4.70. The van der Waals surface area contributed by atoms with Crippen LogP contribution in [0.3, 0.4) is 0 Å². The van der Waals surface area contributed by atoms with E-state index in [1.807, 2.05) is 0 Å². The Labute approximate surface area is 113 Å². The average molecular weight is 293 g/mol. The highest BCUT2D eigenvalue weighted by atomic mass is 19.4. The number of rotatable bonds is 4. The van der Waals surface area contributed by atoms with E-state index >= 15 is 0 Å². The molecule has 0 aromatic carbocycles. The summed E-state index contributed by atoms with van der Waals surface area (Å²) < 4.78 is 52.7. The summed E-state index contributed by atoms with van der Waals surface area (Å²) >= 11 is 0. The van der Waals surface area contributed by atoms with Crippen LogP contribution < -0.4 is 0 Å². The zero-order valence-corrected chi connectivity index (χ0v) is 11.5. The van der Waals surface area contributed by atoms with Crippen LogP contribution in [-0.4, -0.2) is 34.3 Å². The van der Waals surface area contributed by atoms with Crippen LogP contribution in [0.2, 0.25) is 0 Å². The Hall–Kier alpha value is -1.86. The second-order valence-electron chi connectivity index (χ2n) is 4.70. The summed E-state index contributed by atoms with van der Waals surface area (Å²) in [4.78, 5) is 16.3. The van der Waals surface area contributed by atoms with Gasteiger partial charge in [-0.15, -0.1) is 0 Å². The number of alkyl halides is 3. The maximum Gasteiger partial charge on any atom is 0.449 e. The minimum absolute atomic E-state index is 0.428. The summed E-state index contributed by atoms with van der Waals surface area (Å²) in [5, 5.41) is 0. The van der Waals surface area contributed by atoms with Gasteiger partial charge in [0.2, 0.25) is 11.6 Å². The van der Waals surface area contributed by atoms with E-state index in [4.69, 9.17) is 0 Å². The molecule has 1 rings (SSSR count). The van der Waals surface area contributed by atoms with E-state index in [0.717, 1.165) is 12.4 Å². The number of nitrogens with zero attached hydrogens (tertiary/aromatic N) is 3. The standard InChI is InChI=1S/C12H15F4N3O/c1-7(2)19-9(5-17-11(19)12(14,15)16)10(20)8(13)6-18(3)4/h5-7H,1-4H3. The van der Waals surface area contributed by atoms with Crippen LogP contribution in [0.4, 0.5) is 17.6 Å². The van der Waals surface area contributed by atoms with Crippen molar-refractivity contribution in [3.63, 3.8) is 0 Å². The highest BCUT2D eigenvalue weighted by molar-refractivity contribution is 6.05. The molecule has 0 unspecified atom stereocenters. The Balaban J connectivity index is 3.34. The van der Waals surface area contributed by atoms with Crippen molar-refractivity contribution in [2.75, 3.05) is 14.1 Å². The third-order valence-corrected chi connectivity index (χ3v) is 2.39. The molecule has 0 saturated carbocycles. The first-order valence-corrected chi connectivity index (χ1v) is 5.78. The summed E-state index contributed by atoms with van der Waals surface area (Å²) in [6.45, 7) is 2.92. The van der Waals surface area contributed by atoms with Gasteiger partial charge >= 0.3 is 6.18 Å². The van der Waals surface area contributed by atoms with Gasteiger partial charge in [0, 0.05) is 26.3 Å². The third-order valence-electron chi connectivity index (χ3n) is 2.39. The minimum Gasteiger partial charge on any atom is -0.381 e. The van der Waals surface area contributed by atoms with Crippen molar-refractivity contribution in [3.05, 3.63) is 29.7 Å². The van der Waals surface area contributed by atoms with Gasteiger partial charge in [-0.3, -0.25) is 4.79 Å². The van der Waals surface area contributed by atoms with Gasteiger partial charge in [-0.1, -0.05) is 0 Å². The summed E-state index contributed by atoms with van der Waals surface area (Å²) in [5.41, 5.74) is -0.428. The SMILES string of the molecule is CC(C)n1c(C(=O)C(F)=CN(C)C)cnc1C(F)(F)F. The van der Waals surface area contributed by atoms with E-state index in [1.54, 1.807) is 0 Å². The van der Waals surface area contributed by atoms with Crippen LogP contribution >= 0.6 is 0 Å². The number of imidazole rings is 1. The molecule has 0 aliphatic heterocycles. The molecule has 0 spiro atoms. The summed E-state index contributed by atoms with van der Waals surface area (Å²) in [6, 6.07) is -0.680. The predicted molar refractivity (Wildman–Crippen MR) is 64.8 cm³/mol. The number of carbonyl (C=O) groups excluding carboxylic acids is 1. The van der Waals surface area contributed by atoms with Crippen molar-refractivity contribution >= 4 is 5.78 Å². The van der Waals surface area contributed by atoms with Crippen molar-refractivity contribution in [1.82, 2.24) is 14.5 Å². The van der Waals surface area contributed by atoms with Crippen molar-refractivity contribution in [3.8, 4) is 0 Å². The van der Waals surface area contributed by atoms with Crippen LogP contribution in [0.15, 0.2) is 18.2 Å². The Kier molecular flexibility index (Phi) is 4.57. The lowest BCUT2D eigenvalue weighted by Crippen LogP contribution is -2.20. The molecule has 8 heteroatoms. The molecule has 1 aromatic rings. The van der Waals surface area contributed by atoms with Gasteiger partial charge < -0.3 is 9.47 Å². The van der Waals surface area contributed by atoms with Gasteiger partial charge in [0.1, 0.15) is 5.69 Å². The lowest BCUT2D eigenvalue weighted by atomic mass is 10.2. The zero-order chi connectivity index (χ0) is 15.7. The molecule has 112 valence electrons. The Morgan fingerprint density at radius 2 is 1.95 bits per heavy atom. The molecular formula is C12H15F4N3O. The highest BCUT2D eigenvalue weighted by Crippen LogP contribution is 2.31. The van der Waals surface area contributed by atoms with Gasteiger partial charge in [-0.2, -0.15) is 13.2 Å². The molecule has 0 N–H and O–H groups in total. The van der Waals surface area contributed by atoms with E-state index in [-0.39, 0.29) is 0 Å². The number of carbonyl (C=O) groups is 1. The van der Waals surface area contributed by atoms with E-state index in [1.165, 1.54) is 32.8 Å².